The number of hydrogen-bond acceptors (Lipinski definition) is 2. The minimum atomic E-state index is 0.848. The third kappa shape index (κ3) is 3.24. The van der Waals surface area contributed by atoms with E-state index in [-0.39, 0.29) is 0 Å². The molecular formula is C16H23N3. The quantitative estimate of drug-likeness (QED) is 0.892. The second-order valence-corrected chi connectivity index (χ2v) is 5.05. The van der Waals surface area contributed by atoms with E-state index in [1.54, 1.807) is 0 Å². The molecule has 0 atom stereocenters. The molecule has 0 unspecified atom stereocenters. The van der Waals surface area contributed by atoms with Crippen LogP contribution in [0, 0.1) is 20.8 Å². The van der Waals surface area contributed by atoms with Crippen LogP contribution in [0.3, 0.4) is 0 Å². The van der Waals surface area contributed by atoms with Crippen LogP contribution in [-0.4, -0.2) is 16.3 Å². The summed E-state index contributed by atoms with van der Waals surface area (Å²) in [4.78, 5) is 0. The lowest BCUT2D eigenvalue weighted by Crippen LogP contribution is -2.12. The first-order valence-electron chi connectivity index (χ1n) is 6.91. The topological polar surface area (TPSA) is 29.9 Å². The molecule has 1 aromatic heterocycles. The van der Waals surface area contributed by atoms with Gasteiger partial charge < -0.3 is 5.32 Å². The number of nitrogens with zero attached hydrogens (tertiary/aromatic N) is 2. The molecule has 0 fully saturated rings. The molecule has 19 heavy (non-hydrogen) atoms. The lowest BCUT2D eigenvalue weighted by atomic mass is 10.1. The summed E-state index contributed by atoms with van der Waals surface area (Å²) < 4.78 is 2.09. The second-order valence-electron chi connectivity index (χ2n) is 5.05. The number of rotatable bonds is 5. The van der Waals surface area contributed by atoms with Crippen LogP contribution in [0.15, 0.2) is 24.3 Å². The fourth-order valence-electron chi connectivity index (χ4n) is 2.22. The van der Waals surface area contributed by atoms with Gasteiger partial charge in [-0.05, 0) is 44.0 Å². The summed E-state index contributed by atoms with van der Waals surface area (Å²) in [7, 11) is 0. The molecular weight excluding hydrogens is 234 g/mol. The van der Waals surface area contributed by atoms with E-state index in [9.17, 15) is 0 Å². The molecule has 0 amide bonds. The molecule has 1 heterocycles. The molecule has 1 aromatic carbocycles. The highest BCUT2D eigenvalue weighted by Crippen LogP contribution is 2.14. The first kappa shape index (κ1) is 13.8. The fraction of sp³-hybridized carbons (Fsp3) is 0.438. The molecule has 3 heteroatoms. The first-order valence-corrected chi connectivity index (χ1v) is 6.91. The minimum absolute atomic E-state index is 0.848. The third-order valence-electron chi connectivity index (χ3n) is 3.65. The van der Waals surface area contributed by atoms with Gasteiger partial charge in [0.25, 0.3) is 0 Å². The number of aryl methyl sites for hydroxylation is 1. The molecule has 0 saturated heterocycles. The van der Waals surface area contributed by atoms with E-state index in [4.69, 9.17) is 0 Å². The van der Waals surface area contributed by atoms with Crippen molar-refractivity contribution in [2.24, 2.45) is 0 Å². The molecule has 2 aromatic rings. The highest BCUT2D eigenvalue weighted by atomic mass is 15.3. The molecule has 0 radical (unpaired) electrons. The summed E-state index contributed by atoms with van der Waals surface area (Å²) in [5, 5.41) is 7.96. The Balaban J connectivity index is 2.16. The van der Waals surface area contributed by atoms with Gasteiger partial charge in [0.2, 0.25) is 0 Å². The Bertz CT molecular complexity index is 555. The van der Waals surface area contributed by atoms with Gasteiger partial charge in [0.15, 0.2) is 0 Å². The fourth-order valence-corrected chi connectivity index (χ4v) is 2.22. The van der Waals surface area contributed by atoms with E-state index in [0.717, 1.165) is 25.3 Å². The summed E-state index contributed by atoms with van der Waals surface area (Å²) in [5.74, 6) is 0. The highest BCUT2D eigenvalue weighted by Gasteiger charge is 2.07. The Morgan fingerprint density at radius 2 is 1.89 bits per heavy atom. The van der Waals surface area contributed by atoms with E-state index in [1.807, 2.05) is 0 Å². The van der Waals surface area contributed by atoms with Gasteiger partial charge in [0, 0.05) is 12.2 Å². The smallest absolute Gasteiger partial charge is 0.0662 e. The van der Waals surface area contributed by atoms with Gasteiger partial charge in [-0.15, -0.1) is 0 Å². The number of benzene rings is 1. The summed E-state index contributed by atoms with van der Waals surface area (Å²) in [5.41, 5.74) is 6.32. The van der Waals surface area contributed by atoms with Crippen LogP contribution in [0.4, 0.5) is 0 Å². The SMILES string of the molecule is CCNCc1cccc(Cn2nc(C)c(C)c2C)c1. The molecule has 0 spiro atoms. The largest absolute Gasteiger partial charge is 0.313 e. The van der Waals surface area contributed by atoms with Crippen molar-refractivity contribution in [1.29, 1.82) is 0 Å². The van der Waals surface area contributed by atoms with Crippen molar-refractivity contribution in [3.8, 4) is 0 Å². The van der Waals surface area contributed by atoms with Crippen LogP contribution in [0.1, 0.15) is 35.0 Å². The van der Waals surface area contributed by atoms with Crippen LogP contribution in [0.25, 0.3) is 0 Å². The van der Waals surface area contributed by atoms with Crippen LogP contribution >= 0.6 is 0 Å². The average Bonchev–Trinajstić information content (AvgIpc) is 2.64. The van der Waals surface area contributed by atoms with Crippen LogP contribution in [0.5, 0.6) is 0 Å². The zero-order chi connectivity index (χ0) is 13.8. The predicted octanol–water partition coefficient (Wildman–Crippen LogP) is 2.97. The Morgan fingerprint density at radius 3 is 2.53 bits per heavy atom. The first-order chi connectivity index (χ1) is 9.11. The lowest BCUT2D eigenvalue weighted by Gasteiger charge is -2.08. The summed E-state index contributed by atoms with van der Waals surface area (Å²) >= 11 is 0. The van der Waals surface area contributed by atoms with Gasteiger partial charge in [-0.2, -0.15) is 5.10 Å². The zero-order valence-corrected chi connectivity index (χ0v) is 12.3. The number of nitrogens with one attached hydrogen (secondary N) is 1. The Kier molecular flexibility index (Phi) is 4.38. The van der Waals surface area contributed by atoms with Gasteiger partial charge in [0.05, 0.1) is 12.2 Å². The maximum absolute atomic E-state index is 4.60. The van der Waals surface area contributed by atoms with Crippen LogP contribution < -0.4 is 5.32 Å². The average molecular weight is 257 g/mol. The molecule has 0 saturated carbocycles. The van der Waals surface area contributed by atoms with Gasteiger partial charge in [0.1, 0.15) is 0 Å². The van der Waals surface area contributed by atoms with Crippen molar-refractivity contribution >= 4 is 0 Å². The predicted molar refractivity (Wildman–Crippen MR) is 79.4 cm³/mol. The standard InChI is InChI=1S/C16H23N3/c1-5-17-10-15-7-6-8-16(9-15)11-19-14(4)12(2)13(3)18-19/h6-9,17H,5,10-11H2,1-4H3. The van der Waals surface area contributed by atoms with Crippen LogP contribution in [0.2, 0.25) is 0 Å². The van der Waals surface area contributed by atoms with E-state index >= 15 is 0 Å². The van der Waals surface area contributed by atoms with Crippen LogP contribution in [-0.2, 0) is 13.1 Å². The zero-order valence-electron chi connectivity index (χ0n) is 12.3. The Hall–Kier alpha value is -1.61. The summed E-state index contributed by atoms with van der Waals surface area (Å²) in [6.07, 6.45) is 0. The molecule has 102 valence electrons. The molecule has 0 aliphatic carbocycles. The van der Waals surface area contributed by atoms with E-state index < -0.39 is 0 Å². The normalized spacial score (nSPS) is 10.9. The molecule has 0 aliphatic heterocycles. The lowest BCUT2D eigenvalue weighted by molar-refractivity contribution is 0.656. The number of aromatic nitrogens is 2. The van der Waals surface area contributed by atoms with Crippen molar-refractivity contribution in [3.05, 3.63) is 52.3 Å². The van der Waals surface area contributed by atoms with E-state index in [2.05, 4.69) is 67.1 Å². The van der Waals surface area contributed by atoms with E-state index in [1.165, 1.54) is 22.4 Å². The Labute approximate surface area is 115 Å². The van der Waals surface area contributed by atoms with Crippen molar-refractivity contribution < 1.29 is 0 Å². The molecule has 1 N–H and O–H groups in total. The van der Waals surface area contributed by atoms with Crippen molar-refractivity contribution in [2.45, 2.75) is 40.8 Å². The third-order valence-corrected chi connectivity index (χ3v) is 3.65. The molecule has 3 nitrogen and oxygen atoms in total. The van der Waals surface area contributed by atoms with Gasteiger partial charge in [-0.3, -0.25) is 4.68 Å². The summed E-state index contributed by atoms with van der Waals surface area (Å²) in [6.45, 7) is 11.2. The van der Waals surface area contributed by atoms with Crippen molar-refractivity contribution in [1.82, 2.24) is 15.1 Å². The van der Waals surface area contributed by atoms with Crippen molar-refractivity contribution in [2.75, 3.05) is 6.54 Å². The molecule has 2 rings (SSSR count). The van der Waals surface area contributed by atoms with Gasteiger partial charge >= 0.3 is 0 Å². The maximum Gasteiger partial charge on any atom is 0.0662 e. The highest BCUT2D eigenvalue weighted by molar-refractivity contribution is 5.26. The van der Waals surface area contributed by atoms with Gasteiger partial charge in [-0.1, -0.05) is 31.2 Å². The monoisotopic (exact) mass is 257 g/mol. The maximum atomic E-state index is 4.60. The molecule has 0 bridgehead atoms. The Morgan fingerprint density at radius 1 is 1.16 bits per heavy atom. The van der Waals surface area contributed by atoms with E-state index in [0.29, 0.717) is 0 Å². The second kappa shape index (κ2) is 6.02. The van der Waals surface area contributed by atoms with Crippen molar-refractivity contribution in [3.63, 3.8) is 0 Å². The summed E-state index contributed by atoms with van der Waals surface area (Å²) in [6, 6.07) is 8.72. The minimum Gasteiger partial charge on any atom is -0.313 e. The number of hydrogen-bond donors (Lipinski definition) is 1. The molecule has 0 aliphatic rings. The van der Waals surface area contributed by atoms with Gasteiger partial charge in [-0.25, -0.2) is 0 Å².